The minimum atomic E-state index is -0.877. The molecule has 1 fully saturated rings. The number of nitrogens with zero attached hydrogens (tertiary/aromatic N) is 4. The van der Waals surface area contributed by atoms with E-state index in [0.717, 1.165) is 38.3 Å². The first-order valence-corrected chi connectivity index (χ1v) is 11.8. The van der Waals surface area contributed by atoms with Crippen LogP contribution in [0.1, 0.15) is 36.5 Å². The molecule has 2 aliphatic heterocycles. The number of piperazine rings is 1. The van der Waals surface area contributed by atoms with E-state index < -0.39 is 11.5 Å². The number of allylic oxidation sites excluding steroid dienone is 1. The van der Waals surface area contributed by atoms with Crippen LogP contribution >= 0.6 is 11.6 Å². The topological polar surface area (TPSA) is 81.7 Å². The van der Waals surface area contributed by atoms with Crippen LogP contribution < -0.4 is 0 Å². The lowest BCUT2D eigenvalue weighted by Crippen LogP contribution is -2.46. The van der Waals surface area contributed by atoms with Crippen LogP contribution in [0.2, 0.25) is 5.02 Å². The Kier molecular flexibility index (Phi) is 5.59. The molecule has 172 valence electrons. The molecule has 3 heterocycles. The van der Waals surface area contributed by atoms with Gasteiger partial charge in [0.05, 0.1) is 5.92 Å². The van der Waals surface area contributed by atoms with Crippen LogP contribution in [-0.4, -0.2) is 82.9 Å². The van der Waals surface area contributed by atoms with Crippen LogP contribution in [0.25, 0.3) is 17.0 Å². The Labute approximate surface area is 198 Å². The third kappa shape index (κ3) is 3.98. The van der Waals surface area contributed by atoms with Gasteiger partial charge in [-0.1, -0.05) is 11.6 Å². The van der Waals surface area contributed by atoms with Crippen molar-refractivity contribution in [2.24, 2.45) is 10.9 Å². The molecule has 0 spiro atoms. The number of imidazole rings is 1. The van der Waals surface area contributed by atoms with Gasteiger partial charge in [-0.05, 0) is 58.1 Å². The number of Topliss-reactive ketones (excluding diaryl/α,β-unsaturated/α-hetero) is 2. The van der Waals surface area contributed by atoms with E-state index in [0.29, 0.717) is 39.8 Å². The van der Waals surface area contributed by atoms with Crippen LogP contribution in [0.4, 0.5) is 0 Å². The molecule has 0 radical (unpaired) electrons. The van der Waals surface area contributed by atoms with Crippen molar-refractivity contribution in [3.05, 3.63) is 46.2 Å². The van der Waals surface area contributed by atoms with Crippen molar-refractivity contribution in [3.8, 4) is 11.4 Å². The molecule has 1 aromatic heterocycles. The minimum Gasteiger partial charge on any atom is -0.335 e. The summed E-state index contributed by atoms with van der Waals surface area (Å²) in [7, 11) is 2.12. The molecule has 8 heteroatoms. The highest BCUT2D eigenvalue weighted by Crippen LogP contribution is 2.41. The summed E-state index contributed by atoms with van der Waals surface area (Å²) in [5.41, 5.74) is 2.17. The molecule has 1 saturated heterocycles. The standard InChI is InChI=1S/C25H28ClN5O2/c1-25(2)23(33)19-17(8-9-31-12-10-30(3)11-13-31)22(32)21-20(18(19)14-27-25)28-24(29-21)15-4-6-16(26)7-5-15/h4-7,14,17H,8-13H2,1-3H3,(H,28,29). The average Bonchev–Trinajstić information content (AvgIpc) is 3.24. The maximum atomic E-state index is 13.7. The van der Waals surface area contributed by atoms with Crippen LogP contribution in [0.15, 0.2) is 34.8 Å². The average molecular weight is 466 g/mol. The van der Waals surface area contributed by atoms with E-state index in [4.69, 9.17) is 16.6 Å². The summed E-state index contributed by atoms with van der Waals surface area (Å²) >= 11 is 6.03. The highest BCUT2D eigenvalue weighted by Gasteiger charge is 2.45. The number of aliphatic imine (C=N–C) groups is 1. The monoisotopic (exact) mass is 465 g/mol. The van der Waals surface area contributed by atoms with E-state index in [2.05, 4.69) is 26.8 Å². The van der Waals surface area contributed by atoms with Gasteiger partial charge in [0, 0.05) is 54.1 Å². The number of benzene rings is 1. The molecule has 1 aromatic carbocycles. The molecule has 0 bridgehead atoms. The zero-order valence-electron chi connectivity index (χ0n) is 19.2. The second kappa shape index (κ2) is 8.31. The Morgan fingerprint density at radius 1 is 1.12 bits per heavy atom. The zero-order valence-corrected chi connectivity index (χ0v) is 19.9. The van der Waals surface area contributed by atoms with Gasteiger partial charge in [-0.3, -0.25) is 14.6 Å². The van der Waals surface area contributed by atoms with Crippen LogP contribution in [0.3, 0.4) is 0 Å². The third-order valence-electron chi connectivity index (χ3n) is 6.92. The fourth-order valence-corrected chi connectivity index (χ4v) is 4.92. The van der Waals surface area contributed by atoms with Gasteiger partial charge < -0.3 is 14.8 Å². The molecule has 7 nitrogen and oxygen atoms in total. The number of aromatic amines is 1. The number of halogens is 1. The van der Waals surface area contributed by atoms with Crippen LogP contribution in [0.5, 0.6) is 0 Å². The predicted octanol–water partition coefficient (Wildman–Crippen LogP) is 3.37. The molecular formula is C25H28ClN5O2. The SMILES string of the molecule is CN1CCN(CCC2C(=O)c3[nH]c(-c4ccc(Cl)cc4)nc3C3=C2C(=O)C(C)(C)N=C3)CC1. The van der Waals surface area contributed by atoms with E-state index in [9.17, 15) is 9.59 Å². The molecular weight excluding hydrogens is 438 g/mol. The van der Waals surface area contributed by atoms with Gasteiger partial charge in [0.1, 0.15) is 22.8 Å². The van der Waals surface area contributed by atoms with E-state index >= 15 is 0 Å². The first kappa shape index (κ1) is 22.2. The van der Waals surface area contributed by atoms with Gasteiger partial charge in [-0.25, -0.2) is 4.98 Å². The number of nitrogens with one attached hydrogen (secondary N) is 1. The molecule has 1 unspecified atom stereocenters. The summed E-state index contributed by atoms with van der Waals surface area (Å²) in [6.07, 6.45) is 2.34. The Hall–Kier alpha value is -2.61. The molecule has 1 N–H and O–H groups in total. The summed E-state index contributed by atoms with van der Waals surface area (Å²) in [6.45, 7) is 8.36. The summed E-state index contributed by atoms with van der Waals surface area (Å²) in [5, 5.41) is 0.632. The van der Waals surface area contributed by atoms with Crippen molar-refractivity contribution in [1.82, 2.24) is 19.8 Å². The van der Waals surface area contributed by atoms with E-state index in [1.807, 2.05) is 12.1 Å². The molecule has 0 amide bonds. The lowest BCUT2D eigenvalue weighted by Gasteiger charge is -2.35. The van der Waals surface area contributed by atoms with Gasteiger partial charge >= 0.3 is 0 Å². The highest BCUT2D eigenvalue weighted by atomic mass is 35.5. The Bertz CT molecular complexity index is 1170. The van der Waals surface area contributed by atoms with Crippen LogP contribution in [0, 0.1) is 5.92 Å². The van der Waals surface area contributed by atoms with Crippen molar-refractivity contribution in [3.63, 3.8) is 0 Å². The molecule has 3 aliphatic rings. The van der Waals surface area contributed by atoms with Gasteiger partial charge in [-0.2, -0.15) is 0 Å². The van der Waals surface area contributed by atoms with Gasteiger partial charge in [0.25, 0.3) is 0 Å². The maximum Gasteiger partial charge on any atom is 0.188 e. The number of hydrogen-bond donors (Lipinski definition) is 1. The van der Waals surface area contributed by atoms with Crippen molar-refractivity contribution in [1.29, 1.82) is 0 Å². The lowest BCUT2D eigenvalue weighted by molar-refractivity contribution is -0.119. The summed E-state index contributed by atoms with van der Waals surface area (Å²) < 4.78 is 0. The largest absolute Gasteiger partial charge is 0.335 e. The molecule has 0 saturated carbocycles. The quantitative estimate of drug-likeness (QED) is 0.748. The van der Waals surface area contributed by atoms with Gasteiger partial charge in [0.2, 0.25) is 0 Å². The molecule has 2 aromatic rings. The number of dihydropyridines is 1. The van der Waals surface area contributed by atoms with Crippen molar-refractivity contribution >= 4 is 35.0 Å². The molecule has 1 aliphatic carbocycles. The number of H-pyrrole nitrogens is 1. The summed E-state index contributed by atoms with van der Waals surface area (Å²) in [6, 6.07) is 7.30. The number of rotatable bonds is 4. The zero-order chi connectivity index (χ0) is 23.3. The fraction of sp³-hybridized carbons (Fsp3) is 0.440. The summed E-state index contributed by atoms with van der Waals surface area (Å²) in [5.74, 6) is -0.0603. The van der Waals surface area contributed by atoms with Crippen molar-refractivity contribution < 1.29 is 9.59 Å². The number of aromatic nitrogens is 2. The first-order chi connectivity index (χ1) is 15.7. The normalized spacial score (nSPS) is 23.1. The van der Waals surface area contributed by atoms with Crippen molar-refractivity contribution in [2.75, 3.05) is 39.8 Å². The second-order valence-corrected chi connectivity index (χ2v) is 10.1. The number of carbonyl (C=O) groups excluding carboxylic acids is 2. The number of fused-ring (bicyclic) bond motifs is 2. The number of likely N-dealkylation sites (N-methyl/N-ethyl adjacent to an activating group) is 1. The number of ketones is 2. The fourth-order valence-electron chi connectivity index (χ4n) is 4.80. The third-order valence-corrected chi connectivity index (χ3v) is 7.18. The minimum absolute atomic E-state index is 0.0648. The lowest BCUT2D eigenvalue weighted by atomic mass is 9.73. The predicted molar refractivity (Wildman–Crippen MR) is 130 cm³/mol. The number of hydrogen-bond acceptors (Lipinski definition) is 6. The van der Waals surface area contributed by atoms with E-state index in [-0.39, 0.29) is 11.6 Å². The second-order valence-electron chi connectivity index (χ2n) is 9.64. The van der Waals surface area contributed by atoms with E-state index in [1.165, 1.54) is 0 Å². The Morgan fingerprint density at radius 2 is 1.82 bits per heavy atom. The highest BCUT2D eigenvalue weighted by molar-refractivity contribution is 6.31. The number of carbonyl (C=O) groups is 2. The Balaban J connectivity index is 1.52. The first-order valence-electron chi connectivity index (χ1n) is 11.4. The molecule has 1 atom stereocenters. The van der Waals surface area contributed by atoms with Crippen molar-refractivity contribution in [2.45, 2.75) is 25.8 Å². The molecule has 5 rings (SSSR count). The summed E-state index contributed by atoms with van der Waals surface area (Å²) in [4.78, 5) is 44.3. The molecule has 33 heavy (non-hydrogen) atoms. The van der Waals surface area contributed by atoms with Crippen LogP contribution in [-0.2, 0) is 4.79 Å². The Morgan fingerprint density at radius 3 is 2.52 bits per heavy atom. The smallest absolute Gasteiger partial charge is 0.188 e. The maximum absolute atomic E-state index is 13.7. The van der Waals surface area contributed by atoms with Gasteiger partial charge in [-0.15, -0.1) is 0 Å². The van der Waals surface area contributed by atoms with E-state index in [1.54, 1.807) is 32.2 Å². The van der Waals surface area contributed by atoms with Gasteiger partial charge in [0.15, 0.2) is 11.6 Å².